The highest BCUT2D eigenvalue weighted by molar-refractivity contribution is 7.89. The lowest BCUT2D eigenvalue weighted by molar-refractivity contribution is -0.111. The van der Waals surface area contributed by atoms with E-state index in [1.165, 1.54) is 32.3 Å². The van der Waals surface area contributed by atoms with Crippen LogP contribution < -0.4 is 19.5 Å². The van der Waals surface area contributed by atoms with Gasteiger partial charge in [0.2, 0.25) is 15.9 Å². The predicted molar refractivity (Wildman–Crippen MR) is 119 cm³/mol. The Hall–Kier alpha value is -2.75. The molecule has 0 saturated heterocycles. The minimum Gasteiger partial charge on any atom is -0.492 e. The SMILES string of the molecule is CCOc1ccc(NC(=O)/C=C/c2cc(Cl)c3c(c2)OCCO3)cc1S(=O)(=O)N(C)C. The molecule has 1 aliphatic rings. The molecule has 1 aliphatic heterocycles. The number of nitrogens with one attached hydrogen (secondary N) is 1. The molecule has 166 valence electrons. The number of sulfonamides is 1. The molecule has 2 aromatic rings. The molecule has 0 aliphatic carbocycles. The van der Waals surface area contributed by atoms with E-state index in [0.717, 1.165) is 4.31 Å². The zero-order chi connectivity index (χ0) is 22.6. The van der Waals surface area contributed by atoms with Crippen LogP contribution in [-0.4, -0.2) is 52.5 Å². The summed E-state index contributed by atoms with van der Waals surface area (Å²) >= 11 is 6.21. The number of carbonyl (C=O) groups is 1. The number of amides is 1. The molecule has 0 bridgehead atoms. The smallest absolute Gasteiger partial charge is 0.248 e. The van der Waals surface area contributed by atoms with Gasteiger partial charge in [0.25, 0.3) is 0 Å². The van der Waals surface area contributed by atoms with Gasteiger partial charge in [-0.2, -0.15) is 0 Å². The summed E-state index contributed by atoms with van der Waals surface area (Å²) in [6.45, 7) is 2.92. The van der Waals surface area contributed by atoms with Crippen LogP contribution in [0.15, 0.2) is 41.3 Å². The van der Waals surface area contributed by atoms with Gasteiger partial charge in [-0.1, -0.05) is 11.6 Å². The molecule has 3 rings (SSSR count). The Kier molecular flexibility index (Phi) is 7.09. The summed E-state index contributed by atoms with van der Waals surface area (Å²) in [6, 6.07) is 7.85. The number of hydrogen-bond donors (Lipinski definition) is 1. The maximum atomic E-state index is 12.6. The van der Waals surface area contributed by atoms with Crippen molar-refractivity contribution in [3.63, 3.8) is 0 Å². The van der Waals surface area contributed by atoms with Crippen LogP contribution in [0.5, 0.6) is 17.2 Å². The second-order valence-corrected chi connectivity index (χ2v) is 9.26. The van der Waals surface area contributed by atoms with Gasteiger partial charge in [0.15, 0.2) is 11.5 Å². The van der Waals surface area contributed by atoms with Crippen molar-refractivity contribution in [2.75, 3.05) is 39.2 Å². The van der Waals surface area contributed by atoms with Crippen LogP contribution in [0, 0.1) is 0 Å². The summed E-state index contributed by atoms with van der Waals surface area (Å²) in [5.74, 6) is 0.779. The molecule has 0 radical (unpaired) electrons. The van der Waals surface area contributed by atoms with Crippen molar-refractivity contribution < 1.29 is 27.4 Å². The molecule has 0 fully saturated rings. The van der Waals surface area contributed by atoms with E-state index in [-0.39, 0.29) is 10.6 Å². The minimum atomic E-state index is -3.76. The lowest BCUT2D eigenvalue weighted by Gasteiger charge is -2.19. The normalized spacial score (nSPS) is 13.5. The number of benzene rings is 2. The summed E-state index contributed by atoms with van der Waals surface area (Å²) in [7, 11) is -0.902. The zero-order valence-corrected chi connectivity index (χ0v) is 18.9. The van der Waals surface area contributed by atoms with Crippen LogP contribution >= 0.6 is 11.6 Å². The van der Waals surface area contributed by atoms with Gasteiger partial charge in [0.05, 0.1) is 11.6 Å². The first-order valence-electron chi connectivity index (χ1n) is 9.50. The first-order chi connectivity index (χ1) is 14.7. The lowest BCUT2D eigenvalue weighted by atomic mass is 10.1. The third kappa shape index (κ3) is 5.30. The monoisotopic (exact) mass is 466 g/mol. The maximum absolute atomic E-state index is 12.6. The molecule has 1 N–H and O–H groups in total. The molecule has 1 heterocycles. The highest BCUT2D eigenvalue weighted by atomic mass is 35.5. The molecule has 0 spiro atoms. The van der Waals surface area contributed by atoms with Gasteiger partial charge in [-0.15, -0.1) is 0 Å². The molecule has 0 atom stereocenters. The summed E-state index contributed by atoms with van der Waals surface area (Å²) in [5.41, 5.74) is 0.978. The average Bonchev–Trinajstić information content (AvgIpc) is 2.73. The van der Waals surface area contributed by atoms with Gasteiger partial charge in [-0.25, -0.2) is 12.7 Å². The van der Waals surface area contributed by atoms with E-state index in [2.05, 4.69) is 5.32 Å². The Bertz CT molecular complexity index is 1120. The largest absolute Gasteiger partial charge is 0.492 e. The first kappa shape index (κ1) is 22.9. The van der Waals surface area contributed by atoms with Crippen molar-refractivity contribution in [3.8, 4) is 17.2 Å². The fourth-order valence-corrected chi connectivity index (χ4v) is 4.17. The van der Waals surface area contributed by atoms with Crippen LogP contribution in [0.25, 0.3) is 6.08 Å². The predicted octanol–water partition coefficient (Wildman–Crippen LogP) is 3.41. The Labute approximate surface area is 186 Å². The van der Waals surface area contributed by atoms with E-state index in [0.29, 0.717) is 47.6 Å². The van der Waals surface area contributed by atoms with Crippen molar-refractivity contribution >= 4 is 39.3 Å². The fraction of sp³-hybridized carbons (Fsp3) is 0.286. The quantitative estimate of drug-likeness (QED) is 0.628. The molecule has 0 saturated carbocycles. The number of rotatable bonds is 7. The van der Waals surface area contributed by atoms with E-state index in [9.17, 15) is 13.2 Å². The van der Waals surface area contributed by atoms with E-state index >= 15 is 0 Å². The van der Waals surface area contributed by atoms with Crippen molar-refractivity contribution in [3.05, 3.63) is 47.0 Å². The Morgan fingerprint density at radius 3 is 2.68 bits per heavy atom. The number of fused-ring (bicyclic) bond motifs is 1. The van der Waals surface area contributed by atoms with Gasteiger partial charge < -0.3 is 19.5 Å². The van der Waals surface area contributed by atoms with Gasteiger partial charge in [0, 0.05) is 25.9 Å². The number of ether oxygens (including phenoxy) is 3. The number of anilines is 1. The summed E-state index contributed by atoms with van der Waals surface area (Å²) in [4.78, 5) is 12.4. The molecule has 8 nitrogen and oxygen atoms in total. The van der Waals surface area contributed by atoms with E-state index in [1.54, 1.807) is 31.2 Å². The van der Waals surface area contributed by atoms with Crippen LogP contribution in [-0.2, 0) is 14.8 Å². The topological polar surface area (TPSA) is 94.2 Å². The van der Waals surface area contributed by atoms with Crippen LogP contribution in [0.2, 0.25) is 5.02 Å². The summed E-state index contributed by atoms with van der Waals surface area (Å²) < 4.78 is 42.7. The molecular formula is C21H23ClN2O6S. The standard InChI is InChI=1S/C21H23ClN2O6S/c1-4-28-17-7-6-15(13-19(17)31(26,27)24(2)3)23-20(25)8-5-14-11-16(22)21-18(12-14)29-9-10-30-21/h5-8,11-13H,4,9-10H2,1-3H3,(H,23,25)/b8-5+. The highest BCUT2D eigenvalue weighted by Gasteiger charge is 2.23. The fourth-order valence-electron chi connectivity index (χ4n) is 2.84. The molecule has 1 amide bonds. The highest BCUT2D eigenvalue weighted by Crippen LogP contribution is 2.38. The third-order valence-electron chi connectivity index (χ3n) is 4.32. The molecule has 31 heavy (non-hydrogen) atoms. The minimum absolute atomic E-state index is 0.0280. The number of carbonyl (C=O) groups excluding carboxylic acids is 1. The lowest BCUT2D eigenvalue weighted by Crippen LogP contribution is -2.23. The van der Waals surface area contributed by atoms with Gasteiger partial charge in [0.1, 0.15) is 23.9 Å². The second kappa shape index (κ2) is 9.59. The van der Waals surface area contributed by atoms with Crippen molar-refractivity contribution in [2.24, 2.45) is 0 Å². The van der Waals surface area contributed by atoms with Gasteiger partial charge in [-0.05, 0) is 48.9 Å². The van der Waals surface area contributed by atoms with Crippen molar-refractivity contribution in [1.82, 2.24) is 4.31 Å². The molecule has 10 heteroatoms. The van der Waals surface area contributed by atoms with Crippen LogP contribution in [0.3, 0.4) is 0 Å². The van der Waals surface area contributed by atoms with Crippen LogP contribution in [0.4, 0.5) is 5.69 Å². The molecule has 0 unspecified atom stereocenters. The molecule has 2 aromatic carbocycles. The summed E-state index contributed by atoms with van der Waals surface area (Å²) in [6.07, 6.45) is 2.89. The average molecular weight is 467 g/mol. The third-order valence-corrected chi connectivity index (χ3v) is 6.43. The zero-order valence-electron chi connectivity index (χ0n) is 17.3. The number of hydrogen-bond acceptors (Lipinski definition) is 6. The first-order valence-corrected chi connectivity index (χ1v) is 11.3. The van der Waals surface area contributed by atoms with Gasteiger partial charge in [-0.3, -0.25) is 4.79 Å². The van der Waals surface area contributed by atoms with Crippen molar-refractivity contribution in [2.45, 2.75) is 11.8 Å². The maximum Gasteiger partial charge on any atom is 0.248 e. The van der Waals surface area contributed by atoms with Gasteiger partial charge >= 0.3 is 0 Å². The van der Waals surface area contributed by atoms with E-state index in [1.807, 2.05) is 0 Å². The number of halogens is 1. The second-order valence-electron chi connectivity index (χ2n) is 6.73. The van der Waals surface area contributed by atoms with Crippen molar-refractivity contribution in [1.29, 1.82) is 0 Å². The molecule has 0 aromatic heterocycles. The Morgan fingerprint density at radius 1 is 1.23 bits per heavy atom. The van der Waals surface area contributed by atoms with Crippen LogP contribution in [0.1, 0.15) is 12.5 Å². The molecular weight excluding hydrogens is 444 g/mol. The van der Waals surface area contributed by atoms with E-state index < -0.39 is 15.9 Å². The summed E-state index contributed by atoms with van der Waals surface area (Å²) in [5, 5.41) is 3.05. The van der Waals surface area contributed by atoms with E-state index in [4.69, 9.17) is 25.8 Å². The Balaban J connectivity index is 1.80. The number of nitrogens with zero attached hydrogens (tertiary/aromatic N) is 1. The Morgan fingerprint density at radius 2 is 1.97 bits per heavy atom.